The monoisotopic (exact) mass is 1080 g/mol. The predicted molar refractivity (Wildman–Crippen MR) is 327 cm³/mol. The Morgan fingerprint density at radius 2 is 0.709 bits per heavy atom. The van der Waals surface area contributed by atoms with Gasteiger partial charge in [0.05, 0.1) is 32.8 Å². The third kappa shape index (κ3) is 6.59. The van der Waals surface area contributed by atoms with Gasteiger partial charge in [-0.25, -0.2) is 0 Å². The fourth-order valence-electron chi connectivity index (χ4n) is 12.7. The van der Waals surface area contributed by atoms with Crippen LogP contribution in [0.5, 0.6) is 0 Å². The van der Waals surface area contributed by atoms with Crippen LogP contribution < -0.4 is 11.1 Å². The van der Waals surface area contributed by atoms with Crippen molar-refractivity contribution in [2.45, 2.75) is 6.42 Å². The van der Waals surface area contributed by atoms with Crippen molar-refractivity contribution < 1.29 is 8.83 Å². The van der Waals surface area contributed by atoms with E-state index < -0.39 is 0 Å². The van der Waals surface area contributed by atoms with Gasteiger partial charge in [-0.15, -0.1) is 0 Å². The maximum Gasteiger partial charge on any atom is 0.263 e. The van der Waals surface area contributed by atoms with Crippen LogP contribution in [0.2, 0.25) is 0 Å². The van der Waals surface area contributed by atoms with Gasteiger partial charge >= 0.3 is 0 Å². The first-order valence-corrected chi connectivity index (χ1v) is 27.2. The molecule has 18 rings (SSSR count). The summed E-state index contributed by atoms with van der Waals surface area (Å²) in [5.41, 5.74) is 13.2. The van der Waals surface area contributed by atoms with Crippen LogP contribution in [0, 0.1) is 0 Å². The highest BCUT2D eigenvalue weighted by Crippen LogP contribution is 2.47. The van der Waals surface area contributed by atoms with E-state index in [1.807, 2.05) is 130 Å². The molecule has 17 aromatic rings. The summed E-state index contributed by atoms with van der Waals surface area (Å²) in [6.45, 7) is 0. The van der Waals surface area contributed by atoms with Gasteiger partial charge < -0.3 is 8.83 Å². The van der Waals surface area contributed by atoms with Crippen molar-refractivity contribution in [3.05, 3.63) is 279 Å². The van der Waals surface area contributed by atoms with E-state index in [0.29, 0.717) is 27.0 Å². The average Bonchev–Trinajstić information content (AvgIpc) is 3.57. The summed E-state index contributed by atoms with van der Waals surface area (Å²) in [7, 11) is 0. The molecule has 1 aliphatic carbocycles. The first-order valence-electron chi connectivity index (χ1n) is 26.4. The standard InChI is InChI=1S/C35H20N2O2.C23H12BrNO2.C13H10/c38-34-26-16-5-4-13-22(26)25-17-10-18-27-30-32(37(34)31(25)27)33(21-11-2-1-3-12-21)39-35(30)36-28-19-8-6-14-23(28)24-15-7-9-20-29(24)36;24-22-18-17-12-6-11-15-14-9-4-5-10-16(14)23(26)25(19(15)17)20(18)21(27-22)13-7-2-1-3-8-13;1-3-7-12-10(5-1)9-11-6-2-4-8-13(11)12/h1-20H;1-12H;1-8H,9H2. The third-order valence-electron chi connectivity index (χ3n) is 16.1. The molecule has 0 N–H and O–H groups in total. The van der Waals surface area contributed by atoms with Crippen LogP contribution in [0.15, 0.2) is 266 Å². The smallest absolute Gasteiger partial charge is 0.263 e. The summed E-state index contributed by atoms with van der Waals surface area (Å²) in [6, 6.07) is 82.3. The number of hydrogen-bond acceptors (Lipinski definition) is 4. The molecule has 8 heteroatoms. The van der Waals surface area contributed by atoms with Crippen molar-refractivity contribution >= 4 is 114 Å². The van der Waals surface area contributed by atoms with E-state index in [2.05, 4.69) is 142 Å². The number of aromatic nitrogens is 3. The molecule has 1 aliphatic rings. The molecule has 7 heterocycles. The Bertz CT molecular complexity index is 5320. The number of fused-ring (bicyclic) bond motifs is 16. The second-order valence-electron chi connectivity index (χ2n) is 20.3. The normalized spacial score (nSPS) is 12.2. The van der Waals surface area contributed by atoms with Crippen LogP contribution in [0.25, 0.3) is 137 Å². The number of hydrogen-bond donors (Lipinski definition) is 0. The summed E-state index contributed by atoms with van der Waals surface area (Å²) in [4.78, 5) is 27.7. The summed E-state index contributed by atoms with van der Waals surface area (Å²) in [5.74, 6) is 2.12. The Morgan fingerprint density at radius 3 is 1.23 bits per heavy atom. The Hall–Kier alpha value is -10.0. The zero-order valence-electron chi connectivity index (χ0n) is 42.2. The lowest BCUT2D eigenvalue weighted by Crippen LogP contribution is -2.12. The summed E-state index contributed by atoms with van der Waals surface area (Å²) in [5, 5.41) is 11.7. The molecule has 0 saturated heterocycles. The number of furan rings is 2. The van der Waals surface area contributed by atoms with Crippen LogP contribution in [0.4, 0.5) is 0 Å². The van der Waals surface area contributed by atoms with E-state index in [9.17, 15) is 9.59 Å². The van der Waals surface area contributed by atoms with Crippen molar-refractivity contribution in [2.75, 3.05) is 0 Å². The number of halogens is 1. The Morgan fingerprint density at radius 1 is 0.329 bits per heavy atom. The molecule has 7 nitrogen and oxygen atoms in total. The van der Waals surface area contributed by atoms with Gasteiger partial charge in [-0.05, 0) is 79.6 Å². The molecule has 79 heavy (non-hydrogen) atoms. The molecule has 7 aromatic heterocycles. The third-order valence-corrected chi connectivity index (χ3v) is 16.6. The van der Waals surface area contributed by atoms with E-state index in [4.69, 9.17) is 8.83 Å². The van der Waals surface area contributed by atoms with Gasteiger partial charge in [0.25, 0.3) is 11.1 Å². The largest absolute Gasteiger partial charge is 0.446 e. The molecule has 0 saturated carbocycles. The molecule has 0 spiro atoms. The topological polar surface area (TPSA) is 74.2 Å². The number of para-hydroxylation sites is 4. The molecule has 0 atom stereocenters. The van der Waals surface area contributed by atoms with Crippen LogP contribution in [0.1, 0.15) is 11.1 Å². The summed E-state index contributed by atoms with van der Waals surface area (Å²) < 4.78 is 19.5. The van der Waals surface area contributed by atoms with Gasteiger partial charge in [-0.1, -0.05) is 218 Å². The van der Waals surface area contributed by atoms with Gasteiger partial charge in [0.15, 0.2) is 16.2 Å². The minimum absolute atomic E-state index is 0.0187. The molecule has 0 aliphatic heterocycles. The van der Waals surface area contributed by atoms with E-state index >= 15 is 0 Å². The highest BCUT2D eigenvalue weighted by Gasteiger charge is 2.29. The van der Waals surface area contributed by atoms with Gasteiger partial charge in [-0.3, -0.25) is 23.0 Å². The van der Waals surface area contributed by atoms with Crippen molar-refractivity contribution in [3.8, 4) is 39.7 Å². The van der Waals surface area contributed by atoms with Crippen LogP contribution in [-0.4, -0.2) is 13.4 Å². The van der Waals surface area contributed by atoms with Crippen LogP contribution in [-0.2, 0) is 6.42 Å². The second-order valence-corrected chi connectivity index (χ2v) is 21.0. The molecule has 0 bridgehead atoms. The molecule has 10 aromatic carbocycles. The van der Waals surface area contributed by atoms with Crippen molar-refractivity contribution in [1.29, 1.82) is 0 Å². The molecular weight excluding hydrogens is 1040 g/mol. The first-order chi connectivity index (χ1) is 39.0. The quantitative estimate of drug-likeness (QED) is 0.165. The number of pyridine rings is 2. The first kappa shape index (κ1) is 45.2. The second kappa shape index (κ2) is 17.5. The van der Waals surface area contributed by atoms with E-state index in [1.165, 1.54) is 22.3 Å². The fraction of sp³-hybridized carbons (Fsp3) is 0.0141. The van der Waals surface area contributed by atoms with Gasteiger partial charge in [0, 0.05) is 54.2 Å². The van der Waals surface area contributed by atoms with E-state index in [1.54, 1.807) is 0 Å². The van der Waals surface area contributed by atoms with E-state index in [-0.39, 0.29) is 11.1 Å². The average molecular weight is 1080 g/mol. The highest BCUT2D eigenvalue weighted by molar-refractivity contribution is 9.10. The SMILES string of the molecule is O=c1c2ccccc2c2cccc3c4c(-n5c6ccccc6c6ccccc65)oc(-c5ccccc5)c4n1c23.O=c1c2ccccc2c2cccc3c4c(Br)oc(-c5ccccc5)c4n1c23.c1ccc2c(c1)Cc1ccccc1-2. The van der Waals surface area contributed by atoms with Crippen LogP contribution >= 0.6 is 15.9 Å². The molecular formula is C71H42BrN3O4. The van der Waals surface area contributed by atoms with E-state index in [0.717, 1.165) is 110 Å². The minimum atomic E-state index is -0.0314. The fourth-order valence-corrected chi connectivity index (χ4v) is 13.3. The van der Waals surface area contributed by atoms with Crippen molar-refractivity contribution in [1.82, 2.24) is 13.4 Å². The number of benzene rings is 10. The van der Waals surface area contributed by atoms with Gasteiger partial charge in [0.1, 0.15) is 11.0 Å². The molecule has 0 amide bonds. The summed E-state index contributed by atoms with van der Waals surface area (Å²) >= 11 is 3.59. The molecule has 0 unspecified atom stereocenters. The maximum atomic E-state index is 14.2. The lowest BCUT2D eigenvalue weighted by molar-refractivity contribution is 0.560. The Kier molecular flexibility index (Phi) is 10.0. The molecule has 0 fully saturated rings. The Labute approximate surface area is 458 Å². The maximum absolute atomic E-state index is 14.2. The minimum Gasteiger partial charge on any atom is -0.446 e. The van der Waals surface area contributed by atoms with Gasteiger partial charge in [-0.2, -0.15) is 0 Å². The van der Waals surface area contributed by atoms with Gasteiger partial charge in [0.2, 0.25) is 5.88 Å². The lowest BCUT2D eigenvalue weighted by Gasteiger charge is -2.08. The van der Waals surface area contributed by atoms with Crippen LogP contribution in [0.3, 0.4) is 0 Å². The number of nitrogens with zero attached hydrogens (tertiary/aromatic N) is 3. The zero-order valence-corrected chi connectivity index (χ0v) is 43.7. The van der Waals surface area contributed by atoms with Crippen molar-refractivity contribution in [2.24, 2.45) is 0 Å². The zero-order chi connectivity index (χ0) is 52.5. The molecule has 372 valence electrons. The Balaban J connectivity index is 0.000000112. The molecule has 0 radical (unpaired) electrons. The highest BCUT2D eigenvalue weighted by atomic mass is 79.9. The predicted octanol–water partition coefficient (Wildman–Crippen LogP) is 18.0. The summed E-state index contributed by atoms with van der Waals surface area (Å²) in [6.07, 6.45) is 1.10. The van der Waals surface area contributed by atoms with Crippen molar-refractivity contribution in [3.63, 3.8) is 0 Å². The number of rotatable bonds is 3. The lowest BCUT2D eigenvalue weighted by atomic mass is 10.0.